The van der Waals surface area contributed by atoms with E-state index in [4.69, 9.17) is 10.5 Å². The van der Waals surface area contributed by atoms with E-state index in [1.807, 2.05) is 13.8 Å². The molecule has 114 valence electrons. The molecule has 6 heteroatoms. The van der Waals surface area contributed by atoms with E-state index < -0.39 is 15.7 Å². The van der Waals surface area contributed by atoms with Crippen molar-refractivity contribution < 1.29 is 17.5 Å². The van der Waals surface area contributed by atoms with Gasteiger partial charge in [0.2, 0.25) is 0 Å². The first-order valence-corrected chi connectivity index (χ1v) is 8.53. The van der Waals surface area contributed by atoms with Gasteiger partial charge in [0.05, 0.1) is 11.5 Å². The lowest BCUT2D eigenvalue weighted by Gasteiger charge is -2.10. The molecule has 0 aliphatic carbocycles. The minimum atomic E-state index is -3.08. The Morgan fingerprint density at radius 1 is 1.30 bits per heavy atom. The molecule has 0 spiro atoms. The molecule has 2 N–H and O–H groups in total. The Kier molecular flexibility index (Phi) is 6.42. The number of rotatable bonds is 8. The minimum absolute atomic E-state index is 0.0312. The van der Waals surface area contributed by atoms with Crippen molar-refractivity contribution in [1.82, 2.24) is 0 Å². The summed E-state index contributed by atoms with van der Waals surface area (Å²) >= 11 is 0. The molecule has 1 rings (SSSR count). The monoisotopic (exact) mass is 303 g/mol. The number of hydrogen-bond acceptors (Lipinski definition) is 4. The summed E-state index contributed by atoms with van der Waals surface area (Å²) in [6.07, 6.45) is 1.13. The van der Waals surface area contributed by atoms with Crippen LogP contribution in [0.15, 0.2) is 18.2 Å². The Morgan fingerprint density at radius 3 is 2.60 bits per heavy atom. The third-order valence-electron chi connectivity index (χ3n) is 2.67. The molecule has 0 amide bonds. The highest BCUT2D eigenvalue weighted by Crippen LogP contribution is 2.17. The van der Waals surface area contributed by atoms with Gasteiger partial charge >= 0.3 is 0 Å². The lowest BCUT2D eigenvalue weighted by molar-refractivity contribution is 0.338. The van der Waals surface area contributed by atoms with E-state index in [2.05, 4.69) is 0 Å². The zero-order valence-electron chi connectivity index (χ0n) is 11.9. The van der Waals surface area contributed by atoms with Crippen molar-refractivity contribution in [2.45, 2.75) is 32.7 Å². The molecule has 0 bridgehead atoms. The van der Waals surface area contributed by atoms with Crippen LogP contribution in [0.2, 0.25) is 0 Å². The highest BCUT2D eigenvalue weighted by atomic mass is 32.2. The fourth-order valence-corrected chi connectivity index (χ4v) is 3.06. The maximum absolute atomic E-state index is 13.4. The predicted octanol–water partition coefficient (Wildman–Crippen LogP) is 1.92. The van der Waals surface area contributed by atoms with E-state index in [0.717, 1.165) is 5.56 Å². The van der Waals surface area contributed by atoms with Crippen LogP contribution in [0, 0.1) is 5.82 Å². The molecule has 20 heavy (non-hydrogen) atoms. The highest BCUT2D eigenvalue weighted by molar-refractivity contribution is 7.91. The molecular weight excluding hydrogens is 281 g/mol. The van der Waals surface area contributed by atoms with E-state index in [1.54, 1.807) is 6.07 Å². The smallest absolute Gasteiger partial charge is 0.153 e. The van der Waals surface area contributed by atoms with Crippen LogP contribution >= 0.6 is 0 Å². The molecule has 0 aromatic heterocycles. The summed E-state index contributed by atoms with van der Waals surface area (Å²) in [5.74, 6) is 0.0250. The van der Waals surface area contributed by atoms with Crippen LogP contribution in [0.4, 0.5) is 4.39 Å². The summed E-state index contributed by atoms with van der Waals surface area (Å²) in [6.45, 7) is 3.68. The standard InChI is InChI=1S/C14H22FNO3S/c1-3-5-20(17,18)6-4-19-14-9-12(7-11(2)16)8-13(15)10-14/h8-11H,3-7,16H2,1-2H3. The molecule has 0 aliphatic heterocycles. The lowest BCUT2D eigenvalue weighted by Crippen LogP contribution is -2.18. The minimum Gasteiger partial charge on any atom is -0.492 e. The molecule has 1 aromatic carbocycles. The Bertz CT molecular complexity index is 529. The van der Waals surface area contributed by atoms with Gasteiger partial charge < -0.3 is 10.5 Å². The third kappa shape index (κ3) is 6.34. The molecule has 1 atom stereocenters. The molecular formula is C14H22FNO3S. The predicted molar refractivity (Wildman–Crippen MR) is 78.2 cm³/mol. The van der Waals surface area contributed by atoms with Gasteiger partial charge in [0.25, 0.3) is 0 Å². The lowest BCUT2D eigenvalue weighted by atomic mass is 10.1. The quantitative estimate of drug-likeness (QED) is 0.796. The van der Waals surface area contributed by atoms with Gasteiger partial charge in [-0.2, -0.15) is 0 Å². The second-order valence-electron chi connectivity index (χ2n) is 4.98. The summed E-state index contributed by atoms with van der Waals surface area (Å²) in [4.78, 5) is 0. The van der Waals surface area contributed by atoms with Crippen molar-refractivity contribution in [2.75, 3.05) is 18.1 Å². The van der Waals surface area contributed by atoms with Crippen LogP contribution in [-0.4, -0.2) is 32.6 Å². The van der Waals surface area contributed by atoms with E-state index in [1.165, 1.54) is 12.1 Å². The molecule has 4 nitrogen and oxygen atoms in total. The van der Waals surface area contributed by atoms with Gasteiger partial charge in [-0.3, -0.25) is 0 Å². The fourth-order valence-electron chi connectivity index (χ4n) is 1.89. The van der Waals surface area contributed by atoms with Crippen molar-refractivity contribution in [3.63, 3.8) is 0 Å². The van der Waals surface area contributed by atoms with Crippen LogP contribution < -0.4 is 10.5 Å². The van der Waals surface area contributed by atoms with Gasteiger partial charge in [-0.15, -0.1) is 0 Å². The van der Waals surface area contributed by atoms with Gasteiger partial charge in [0.15, 0.2) is 9.84 Å². The number of sulfone groups is 1. The SMILES string of the molecule is CCCS(=O)(=O)CCOc1cc(F)cc(CC(C)N)c1. The molecule has 0 heterocycles. The Hall–Kier alpha value is -1.14. The second kappa shape index (κ2) is 7.59. The Morgan fingerprint density at radius 2 is 2.00 bits per heavy atom. The van der Waals surface area contributed by atoms with Crippen LogP contribution in [0.3, 0.4) is 0 Å². The molecule has 0 saturated heterocycles. The first-order chi connectivity index (χ1) is 9.32. The van der Waals surface area contributed by atoms with Crippen LogP contribution in [0.5, 0.6) is 5.75 Å². The fraction of sp³-hybridized carbons (Fsp3) is 0.571. The largest absolute Gasteiger partial charge is 0.492 e. The number of halogens is 1. The normalized spacial score (nSPS) is 13.2. The number of nitrogens with two attached hydrogens (primary N) is 1. The highest BCUT2D eigenvalue weighted by Gasteiger charge is 2.10. The second-order valence-corrected chi connectivity index (χ2v) is 7.28. The summed E-state index contributed by atoms with van der Waals surface area (Å²) in [7, 11) is -3.08. The van der Waals surface area contributed by atoms with Gasteiger partial charge in [-0.1, -0.05) is 6.92 Å². The molecule has 0 fully saturated rings. The Balaban J connectivity index is 2.62. The topological polar surface area (TPSA) is 69.4 Å². The maximum atomic E-state index is 13.4. The van der Waals surface area contributed by atoms with Gasteiger partial charge in [0, 0.05) is 12.1 Å². The molecule has 1 aromatic rings. The third-order valence-corrected chi connectivity index (χ3v) is 4.49. The first kappa shape index (κ1) is 16.9. The molecule has 0 radical (unpaired) electrons. The van der Waals surface area contributed by atoms with E-state index in [-0.39, 0.29) is 24.2 Å². The zero-order chi connectivity index (χ0) is 15.2. The van der Waals surface area contributed by atoms with E-state index >= 15 is 0 Å². The first-order valence-electron chi connectivity index (χ1n) is 6.70. The van der Waals surface area contributed by atoms with Crippen molar-refractivity contribution in [2.24, 2.45) is 5.73 Å². The van der Waals surface area contributed by atoms with Crippen LogP contribution in [-0.2, 0) is 16.3 Å². The summed E-state index contributed by atoms with van der Waals surface area (Å²) in [6, 6.07) is 4.27. The zero-order valence-corrected chi connectivity index (χ0v) is 12.7. The van der Waals surface area contributed by atoms with Crippen LogP contribution in [0.1, 0.15) is 25.8 Å². The number of hydrogen-bond donors (Lipinski definition) is 1. The number of ether oxygens (including phenoxy) is 1. The van der Waals surface area contributed by atoms with Crippen molar-refractivity contribution in [3.8, 4) is 5.75 Å². The van der Waals surface area contributed by atoms with Gasteiger partial charge in [-0.05, 0) is 37.5 Å². The molecule has 0 saturated carbocycles. The number of benzene rings is 1. The molecule has 1 unspecified atom stereocenters. The van der Waals surface area contributed by atoms with Crippen molar-refractivity contribution in [1.29, 1.82) is 0 Å². The summed E-state index contributed by atoms with van der Waals surface area (Å²) in [5.41, 5.74) is 6.41. The van der Waals surface area contributed by atoms with Gasteiger partial charge in [-0.25, -0.2) is 12.8 Å². The Labute approximate surface area is 120 Å². The van der Waals surface area contributed by atoms with E-state index in [0.29, 0.717) is 18.6 Å². The van der Waals surface area contributed by atoms with Crippen molar-refractivity contribution in [3.05, 3.63) is 29.6 Å². The van der Waals surface area contributed by atoms with Crippen molar-refractivity contribution >= 4 is 9.84 Å². The average Bonchev–Trinajstić information content (AvgIpc) is 2.26. The average molecular weight is 303 g/mol. The summed E-state index contributed by atoms with van der Waals surface area (Å²) < 4.78 is 41.8. The summed E-state index contributed by atoms with van der Waals surface area (Å²) in [5, 5.41) is 0. The maximum Gasteiger partial charge on any atom is 0.153 e. The van der Waals surface area contributed by atoms with Crippen LogP contribution in [0.25, 0.3) is 0 Å². The van der Waals surface area contributed by atoms with Gasteiger partial charge in [0.1, 0.15) is 18.2 Å². The van der Waals surface area contributed by atoms with E-state index in [9.17, 15) is 12.8 Å². The molecule has 0 aliphatic rings.